The fourth-order valence-corrected chi connectivity index (χ4v) is 3.15. The second-order valence-electron chi connectivity index (χ2n) is 5.49. The molecular weight excluding hydrogens is 297 g/mol. The highest BCUT2D eigenvalue weighted by molar-refractivity contribution is 7.90. The van der Waals surface area contributed by atoms with E-state index < -0.39 is 21.1 Å². The molecule has 0 saturated heterocycles. The highest BCUT2D eigenvalue weighted by atomic mass is 32.2. The van der Waals surface area contributed by atoms with E-state index in [1.807, 2.05) is 0 Å². The van der Waals surface area contributed by atoms with Gasteiger partial charge in [-0.1, -0.05) is 0 Å². The Morgan fingerprint density at radius 3 is 2.33 bits per heavy atom. The van der Waals surface area contributed by atoms with Crippen LogP contribution in [0.5, 0.6) is 6.01 Å². The van der Waals surface area contributed by atoms with Crippen LogP contribution in [0.15, 0.2) is 12.4 Å². The molecule has 21 heavy (non-hydrogen) atoms. The number of nitrogens with zero attached hydrogens (tertiary/aromatic N) is 2. The molecular formula is C13H20FN3O3S. The molecule has 2 rings (SSSR count). The summed E-state index contributed by atoms with van der Waals surface area (Å²) in [6.45, 7) is 3.31. The molecule has 0 radical (unpaired) electrons. The molecule has 1 aromatic heterocycles. The zero-order valence-electron chi connectivity index (χ0n) is 12.1. The summed E-state index contributed by atoms with van der Waals surface area (Å²) in [6.07, 6.45) is 4.90. The van der Waals surface area contributed by atoms with Crippen molar-refractivity contribution in [3.05, 3.63) is 18.2 Å². The predicted octanol–water partition coefficient (Wildman–Crippen LogP) is 1.63. The van der Waals surface area contributed by atoms with Gasteiger partial charge in [-0.05, 0) is 39.5 Å². The Morgan fingerprint density at radius 1 is 1.24 bits per heavy atom. The van der Waals surface area contributed by atoms with Crippen LogP contribution in [0, 0.1) is 5.82 Å². The molecule has 118 valence electrons. The maximum Gasteiger partial charge on any atom is 0.316 e. The van der Waals surface area contributed by atoms with Crippen molar-refractivity contribution in [1.29, 1.82) is 0 Å². The van der Waals surface area contributed by atoms with Crippen LogP contribution >= 0.6 is 0 Å². The molecule has 1 N–H and O–H groups in total. The minimum atomic E-state index is -3.24. The van der Waals surface area contributed by atoms with Crippen molar-refractivity contribution in [3.8, 4) is 6.01 Å². The number of hydrogen-bond acceptors (Lipinski definition) is 5. The Labute approximate surface area is 124 Å². The summed E-state index contributed by atoms with van der Waals surface area (Å²) in [5, 5.41) is -0.431. The van der Waals surface area contributed by atoms with Crippen molar-refractivity contribution in [3.63, 3.8) is 0 Å². The molecule has 1 heterocycles. The molecule has 0 spiro atoms. The molecule has 6 nitrogen and oxygen atoms in total. The van der Waals surface area contributed by atoms with Crippen LogP contribution in [0.2, 0.25) is 0 Å². The lowest BCUT2D eigenvalue weighted by Gasteiger charge is -2.29. The van der Waals surface area contributed by atoms with Crippen molar-refractivity contribution in [2.75, 3.05) is 0 Å². The first-order chi connectivity index (χ1) is 9.87. The molecule has 0 unspecified atom stereocenters. The first-order valence-electron chi connectivity index (χ1n) is 7.02. The number of hydrogen-bond donors (Lipinski definition) is 1. The fraction of sp³-hybridized carbons (Fsp3) is 0.692. The molecule has 0 aromatic carbocycles. The Kier molecular flexibility index (Phi) is 5.10. The molecule has 0 amide bonds. The largest absolute Gasteiger partial charge is 0.460 e. The summed E-state index contributed by atoms with van der Waals surface area (Å²) in [4.78, 5) is 7.51. The SMILES string of the molecule is CC(C)S(=O)(=O)NC1CCC(Oc2ncc(F)cn2)CC1. The van der Waals surface area contributed by atoms with Gasteiger partial charge in [0, 0.05) is 6.04 Å². The van der Waals surface area contributed by atoms with E-state index >= 15 is 0 Å². The van der Waals surface area contributed by atoms with Crippen LogP contribution in [0.4, 0.5) is 4.39 Å². The summed E-state index contributed by atoms with van der Waals surface area (Å²) < 4.78 is 44.6. The Balaban J connectivity index is 1.82. The summed E-state index contributed by atoms with van der Waals surface area (Å²) in [6, 6.07) is 0.106. The zero-order valence-corrected chi connectivity index (χ0v) is 12.9. The maximum absolute atomic E-state index is 12.7. The average molecular weight is 317 g/mol. The van der Waals surface area contributed by atoms with Crippen LogP contribution in [0.25, 0.3) is 0 Å². The van der Waals surface area contributed by atoms with Gasteiger partial charge < -0.3 is 4.74 Å². The second-order valence-corrected chi connectivity index (χ2v) is 7.76. The maximum atomic E-state index is 12.7. The van der Waals surface area contributed by atoms with E-state index in [0.29, 0.717) is 25.7 Å². The van der Waals surface area contributed by atoms with Crippen molar-refractivity contribution in [1.82, 2.24) is 14.7 Å². The molecule has 1 aliphatic rings. The first-order valence-corrected chi connectivity index (χ1v) is 8.57. The highest BCUT2D eigenvalue weighted by Crippen LogP contribution is 2.23. The summed E-state index contributed by atoms with van der Waals surface area (Å²) in [5.41, 5.74) is 0. The van der Waals surface area contributed by atoms with E-state index in [0.717, 1.165) is 12.4 Å². The smallest absolute Gasteiger partial charge is 0.316 e. The van der Waals surface area contributed by atoms with E-state index in [1.165, 1.54) is 0 Å². The number of sulfonamides is 1. The number of ether oxygens (including phenoxy) is 1. The Hall–Kier alpha value is -1.28. The van der Waals surface area contributed by atoms with Gasteiger partial charge in [0.05, 0.1) is 17.6 Å². The number of aromatic nitrogens is 2. The minimum Gasteiger partial charge on any atom is -0.460 e. The van der Waals surface area contributed by atoms with Gasteiger partial charge in [-0.15, -0.1) is 0 Å². The number of halogens is 1. The van der Waals surface area contributed by atoms with E-state index in [-0.39, 0.29) is 18.2 Å². The third-order valence-electron chi connectivity index (χ3n) is 3.49. The van der Waals surface area contributed by atoms with Crippen molar-refractivity contribution < 1.29 is 17.5 Å². The molecule has 1 aliphatic carbocycles. The van der Waals surface area contributed by atoms with Gasteiger partial charge in [-0.2, -0.15) is 0 Å². The molecule has 0 bridgehead atoms. The first kappa shape index (κ1) is 16.1. The third-order valence-corrected chi connectivity index (χ3v) is 5.40. The lowest BCUT2D eigenvalue weighted by molar-refractivity contribution is 0.131. The van der Waals surface area contributed by atoms with Crippen LogP contribution in [-0.4, -0.2) is 35.8 Å². The molecule has 1 fully saturated rings. The summed E-state index contributed by atoms with van der Waals surface area (Å²) >= 11 is 0. The molecule has 0 aliphatic heterocycles. The van der Waals surface area contributed by atoms with Gasteiger partial charge in [0.1, 0.15) is 6.10 Å². The second kappa shape index (κ2) is 6.65. The lowest BCUT2D eigenvalue weighted by Crippen LogP contribution is -2.42. The quantitative estimate of drug-likeness (QED) is 0.893. The van der Waals surface area contributed by atoms with Gasteiger partial charge in [0.25, 0.3) is 0 Å². The van der Waals surface area contributed by atoms with Crippen molar-refractivity contribution in [2.45, 2.75) is 56.9 Å². The van der Waals surface area contributed by atoms with Gasteiger partial charge in [0.2, 0.25) is 10.0 Å². The third kappa shape index (κ3) is 4.60. The lowest BCUT2D eigenvalue weighted by atomic mass is 9.94. The van der Waals surface area contributed by atoms with E-state index in [1.54, 1.807) is 13.8 Å². The minimum absolute atomic E-state index is 0.0496. The summed E-state index contributed by atoms with van der Waals surface area (Å²) in [5.74, 6) is -0.505. The number of rotatable bonds is 5. The average Bonchev–Trinajstić information content (AvgIpc) is 2.43. The van der Waals surface area contributed by atoms with Crippen LogP contribution in [0.1, 0.15) is 39.5 Å². The Bertz CT molecular complexity index is 555. The van der Waals surface area contributed by atoms with Gasteiger partial charge >= 0.3 is 6.01 Å². The van der Waals surface area contributed by atoms with Crippen molar-refractivity contribution >= 4 is 10.0 Å². The van der Waals surface area contributed by atoms with Crippen LogP contribution in [-0.2, 0) is 10.0 Å². The molecule has 0 atom stereocenters. The van der Waals surface area contributed by atoms with Crippen LogP contribution < -0.4 is 9.46 Å². The van der Waals surface area contributed by atoms with Gasteiger partial charge in [-0.25, -0.2) is 27.5 Å². The van der Waals surface area contributed by atoms with Gasteiger partial charge in [0.15, 0.2) is 5.82 Å². The number of nitrogens with one attached hydrogen (secondary N) is 1. The van der Waals surface area contributed by atoms with E-state index in [2.05, 4.69) is 14.7 Å². The molecule has 1 aromatic rings. The van der Waals surface area contributed by atoms with Crippen LogP contribution in [0.3, 0.4) is 0 Å². The Morgan fingerprint density at radius 2 is 1.81 bits per heavy atom. The monoisotopic (exact) mass is 317 g/mol. The predicted molar refractivity (Wildman–Crippen MR) is 75.9 cm³/mol. The topological polar surface area (TPSA) is 81.2 Å². The molecule has 8 heteroatoms. The zero-order chi connectivity index (χ0) is 15.5. The van der Waals surface area contributed by atoms with Gasteiger partial charge in [-0.3, -0.25) is 0 Å². The van der Waals surface area contributed by atoms with E-state index in [9.17, 15) is 12.8 Å². The van der Waals surface area contributed by atoms with Crippen molar-refractivity contribution in [2.24, 2.45) is 0 Å². The summed E-state index contributed by atoms with van der Waals surface area (Å²) in [7, 11) is -3.24. The standard InChI is InChI=1S/C13H20FN3O3S/c1-9(2)21(18,19)17-11-3-5-12(6-4-11)20-13-15-7-10(14)8-16-13/h7-9,11-12,17H,3-6H2,1-2H3. The normalized spacial score (nSPS) is 23.2. The molecule has 1 saturated carbocycles. The van der Waals surface area contributed by atoms with E-state index in [4.69, 9.17) is 4.74 Å². The highest BCUT2D eigenvalue weighted by Gasteiger charge is 2.27. The fourth-order valence-electron chi connectivity index (χ4n) is 2.18.